The van der Waals surface area contributed by atoms with Crippen LogP contribution in [0, 0.1) is 0 Å². The third-order valence-electron chi connectivity index (χ3n) is 2.41. The predicted molar refractivity (Wildman–Crippen MR) is 68.8 cm³/mol. The van der Waals surface area contributed by atoms with Gasteiger partial charge < -0.3 is 5.32 Å². The van der Waals surface area contributed by atoms with Crippen LogP contribution in [0.25, 0.3) is 0 Å². The van der Waals surface area contributed by atoms with E-state index in [0.717, 1.165) is 18.7 Å². The lowest BCUT2D eigenvalue weighted by molar-refractivity contribution is 0.619. The Kier molecular flexibility index (Phi) is 10.4. The molecule has 0 saturated carbocycles. The van der Waals surface area contributed by atoms with Gasteiger partial charge in [-0.15, -0.1) is 5.73 Å². The highest BCUT2D eigenvalue weighted by Gasteiger charge is 1.94. The molecule has 0 saturated heterocycles. The maximum Gasteiger partial charge on any atom is 0.0534 e. The summed E-state index contributed by atoms with van der Waals surface area (Å²) in [4.78, 5) is 0. The SMILES string of the molecule is C=C=C(CCCCCCC)NC/C=C/C. The maximum absolute atomic E-state index is 3.71. The highest BCUT2D eigenvalue weighted by atomic mass is 14.9. The molecule has 0 spiro atoms. The summed E-state index contributed by atoms with van der Waals surface area (Å²) in [7, 11) is 0. The Bertz CT molecular complexity index is 209. The lowest BCUT2D eigenvalue weighted by Crippen LogP contribution is -2.12. The van der Waals surface area contributed by atoms with E-state index < -0.39 is 0 Å². The van der Waals surface area contributed by atoms with Crippen molar-refractivity contribution in [2.75, 3.05) is 6.54 Å². The van der Waals surface area contributed by atoms with Crippen molar-refractivity contribution >= 4 is 0 Å². The highest BCUT2D eigenvalue weighted by Crippen LogP contribution is 2.08. The first-order chi connectivity index (χ1) is 7.35. The molecule has 0 aliphatic carbocycles. The zero-order valence-electron chi connectivity index (χ0n) is 10.3. The first-order valence-electron chi connectivity index (χ1n) is 6.09. The lowest BCUT2D eigenvalue weighted by Gasteiger charge is -2.06. The molecule has 0 aliphatic heterocycles. The summed E-state index contributed by atoms with van der Waals surface area (Å²) in [5.41, 5.74) is 4.13. The summed E-state index contributed by atoms with van der Waals surface area (Å²) in [6.45, 7) is 8.87. The van der Waals surface area contributed by atoms with Gasteiger partial charge in [-0.25, -0.2) is 0 Å². The largest absolute Gasteiger partial charge is 0.379 e. The number of unbranched alkanes of at least 4 members (excludes halogenated alkanes) is 4. The molecule has 0 amide bonds. The second kappa shape index (κ2) is 11.1. The normalized spacial score (nSPS) is 10.3. The van der Waals surface area contributed by atoms with Crippen LogP contribution in [0.2, 0.25) is 0 Å². The van der Waals surface area contributed by atoms with Crippen molar-refractivity contribution in [2.24, 2.45) is 0 Å². The number of hydrogen-bond acceptors (Lipinski definition) is 1. The number of hydrogen-bond donors (Lipinski definition) is 1. The van der Waals surface area contributed by atoms with Gasteiger partial charge in [0.05, 0.1) is 5.70 Å². The third-order valence-corrected chi connectivity index (χ3v) is 2.41. The van der Waals surface area contributed by atoms with Crippen LogP contribution in [0.1, 0.15) is 52.4 Å². The zero-order valence-corrected chi connectivity index (χ0v) is 10.3. The smallest absolute Gasteiger partial charge is 0.0534 e. The molecule has 0 bridgehead atoms. The third kappa shape index (κ3) is 9.37. The standard InChI is InChI=1S/C14H25N/c1-4-7-9-10-11-12-14(6-3)15-13-8-5-2/h5,8,15H,3-4,7,9-13H2,1-2H3/b8-5+. The minimum absolute atomic E-state index is 0.892. The van der Waals surface area contributed by atoms with Gasteiger partial charge in [0.25, 0.3) is 0 Å². The van der Waals surface area contributed by atoms with E-state index in [1.807, 2.05) is 6.92 Å². The molecule has 0 atom stereocenters. The minimum atomic E-state index is 0.892. The number of rotatable bonds is 9. The van der Waals surface area contributed by atoms with Crippen LogP contribution < -0.4 is 5.32 Å². The van der Waals surface area contributed by atoms with Gasteiger partial charge in [0.15, 0.2) is 0 Å². The number of nitrogens with one attached hydrogen (secondary N) is 1. The Hall–Kier alpha value is -0.940. The summed E-state index contributed by atoms with van der Waals surface area (Å²) in [5, 5.41) is 3.32. The molecule has 0 aromatic heterocycles. The van der Waals surface area contributed by atoms with Crippen molar-refractivity contribution in [2.45, 2.75) is 52.4 Å². The van der Waals surface area contributed by atoms with Crippen molar-refractivity contribution in [1.29, 1.82) is 0 Å². The Morgan fingerprint density at radius 2 is 2.00 bits per heavy atom. The molecule has 0 unspecified atom stereocenters. The van der Waals surface area contributed by atoms with E-state index in [0.29, 0.717) is 0 Å². The van der Waals surface area contributed by atoms with E-state index in [-0.39, 0.29) is 0 Å². The Morgan fingerprint density at radius 1 is 1.27 bits per heavy atom. The Balaban J connectivity index is 3.50. The summed E-state index contributed by atoms with van der Waals surface area (Å²) < 4.78 is 0. The molecule has 0 heterocycles. The second-order valence-electron chi connectivity index (χ2n) is 3.77. The molecule has 0 radical (unpaired) electrons. The van der Waals surface area contributed by atoms with Crippen LogP contribution in [0.15, 0.2) is 30.2 Å². The van der Waals surface area contributed by atoms with Crippen LogP contribution in [0.4, 0.5) is 0 Å². The van der Waals surface area contributed by atoms with Crippen LogP contribution in [-0.2, 0) is 0 Å². The summed E-state index contributed by atoms with van der Waals surface area (Å²) in [6, 6.07) is 0. The van der Waals surface area contributed by atoms with Crippen molar-refractivity contribution < 1.29 is 0 Å². The highest BCUT2D eigenvalue weighted by molar-refractivity contribution is 4.98. The average molecular weight is 207 g/mol. The van der Waals surface area contributed by atoms with Gasteiger partial charge in [-0.3, -0.25) is 0 Å². The van der Waals surface area contributed by atoms with Gasteiger partial charge in [-0.1, -0.05) is 51.3 Å². The number of allylic oxidation sites excluding steroid dienone is 2. The zero-order chi connectivity index (χ0) is 11.4. The van der Waals surface area contributed by atoms with Crippen molar-refractivity contribution in [3.63, 3.8) is 0 Å². The van der Waals surface area contributed by atoms with E-state index in [2.05, 4.69) is 36.7 Å². The van der Waals surface area contributed by atoms with Crippen LogP contribution >= 0.6 is 0 Å². The summed E-state index contributed by atoms with van der Waals surface area (Å²) in [6.07, 6.45) is 11.8. The Morgan fingerprint density at radius 3 is 2.60 bits per heavy atom. The molecule has 1 N–H and O–H groups in total. The molecule has 0 aliphatic rings. The van der Waals surface area contributed by atoms with Crippen molar-refractivity contribution in [1.82, 2.24) is 5.32 Å². The molecule has 0 aromatic carbocycles. The van der Waals surface area contributed by atoms with Gasteiger partial charge in [0.1, 0.15) is 0 Å². The maximum atomic E-state index is 3.71. The van der Waals surface area contributed by atoms with Crippen LogP contribution in [0.5, 0.6) is 0 Å². The lowest BCUT2D eigenvalue weighted by atomic mass is 10.1. The second-order valence-corrected chi connectivity index (χ2v) is 3.77. The van der Waals surface area contributed by atoms with Gasteiger partial charge in [0, 0.05) is 6.54 Å². The molecular weight excluding hydrogens is 182 g/mol. The molecule has 15 heavy (non-hydrogen) atoms. The molecular formula is C14H25N. The fraction of sp³-hybridized carbons (Fsp3) is 0.643. The van der Waals surface area contributed by atoms with E-state index in [1.165, 1.54) is 32.1 Å². The predicted octanol–water partition coefficient (Wildman–Crippen LogP) is 4.18. The van der Waals surface area contributed by atoms with Gasteiger partial charge in [-0.2, -0.15) is 0 Å². The van der Waals surface area contributed by atoms with Crippen molar-refractivity contribution in [3.05, 3.63) is 30.2 Å². The molecule has 0 fully saturated rings. The first-order valence-corrected chi connectivity index (χ1v) is 6.09. The van der Waals surface area contributed by atoms with E-state index in [4.69, 9.17) is 0 Å². The van der Waals surface area contributed by atoms with Gasteiger partial charge >= 0.3 is 0 Å². The fourth-order valence-electron chi connectivity index (χ4n) is 1.44. The van der Waals surface area contributed by atoms with E-state index >= 15 is 0 Å². The fourth-order valence-corrected chi connectivity index (χ4v) is 1.44. The average Bonchev–Trinajstić information content (AvgIpc) is 2.26. The molecule has 86 valence electrons. The Labute approximate surface area is 95.0 Å². The molecule has 1 heteroatoms. The quantitative estimate of drug-likeness (QED) is 0.340. The van der Waals surface area contributed by atoms with Gasteiger partial charge in [-0.05, 0) is 19.8 Å². The van der Waals surface area contributed by atoms with Crippen LogP contribution in [-0.4, -0.2) is 6.54 Å². The van der Waals surface area contributed by atoms with E-state index in [9.17, 15) is 0 Å². The monoisotopic (exact) mass is 207 g/mol. The first kappa shape index (κ1) is 14.1. The molecule has 0 aromatic rings. The van der Waals surface area contributed by atoms with Gasteiger partial charge in [0.2, 0.25) is 0 Å². The van der Waals surface area contributed by atoms with Crippen molar-refractivity contribution in [3.8, 4) is 0 Å². The summed E-state index contributed by atoms with van der Waals surface area (Å²) >= 11 is 0. The van der Waals surface area contributed by atoms with Crippen LogP contribution in [0.3, 0.4) is 0 Å². The molecule has 0 rings (SSSR count). The topological polar surface area (TPSA) is 12.0 Å². The summed E-state index contributed by atoms with van der Waals surface area (Å²) in [5.74, 6) is 0. The van der Waals surface area contributed by atoms with E-state index in [1.54, 1.807) is 0 Å². The minimum Gasteiger partial charge on any atom is -0.379 e. The molecule has 1 nitrogen and oxygen atoms in total.